The lowest BCUT2D eigenvalue weighted by molar-refractivity contribution is -0.0982. The second-order valence-electron chi connectivity index (χ2n) is 6.79. The highest BCUT2D eigenvalue weighted by Gasteiger charge is 2.39. The molecule has 0 bridgehead atoms. The van der Waals surface area contributed by atoms with Crippen molar-refractivity contribution < 1.29 is 24.3 Å². The fraction of sp³-hybridized carbons (Fsp3) is 0.471. The van der Waals surface area contributed by atoms with E-state index in [1.54, 1.807) is 58.9 Å². The molecule has 6 nitrogen and oxygen atoms in total. The Kier molecular flexibility index (Phi) is 5.08. The summed E-state index contributed by atoms with van der Waals surface area (Å²) in [5.41, 5.74) is -0.417. The molecule has 0 unspecified atom stereocenters. The van der Waals surface area contributed by atoms with Gasteiger partial charge in [-0.1, -0.05) is 12.1 Å². The number of hydrogen-bond acceptors (Lipinski definition) is 5. The molecule has 0 saturated carbocycles. The molecule has 7 heteroatoms. The fourth-order valence-corrected chi connectivity index (χ4v) is 2.11. The van der Waals surface area contributed by atoms with Crippen molar-refractivity contribution in [3.8, 4) is 0 Å². The van der Waals surface area contributed by atoms with E-state index in [9.17, 15) is 14.9 Å². The van der Waals surface area contributed by atoms with Gasteiger partial charge in [-0.15, -0.1) is 0 Å². The molecular weight excluding hydrogens is 309 g/mol. The van der Waals surface area contributed by atoms with E-state index < -0.39 is 24.3 Å². The Hall–Kier alpha value is -1.83. The molecule has 0 amide bonds. The van der Waals surface area contributed by atoms with Gasteiger partial charge in [0.2, 0.25) is 0 Å². The van der Waals surface area contributed by atoms with Gasteiger partial charge in [-0.25, -0.2) is 4.79 Å². The van der Waals surface area contributed by atoms with Crippen LogP contribution in [-0.4, -0.2) is 46.0 Å². The average molecular weight is 333 g/mol. The number of aliphatic hydroxyl groups is 1. The number of aromatic nitrogens is 1. The van der Waals surface area contributed by atoms with Crippen LogP contribution in [0.15, 0.2) is 24.3 Å². The number of ether oxygens (including phenoxy) is 1. The monoisotopic (exact) mass is 333 g/mol. The highest BCUT2D eigenvalue weighted by Crippen LogP contribution is 2.25. The van der Waals surface area contributed by atoms with E-state index in [4.69, 9.17) is 9.39 Å². The van der Waals surface area contributed by atoms with E-state index in [-0.39, 0.29) is 0 Å². The Labute approximate surface area is 141 Å². The number of nitrogens with one attached hydrogen (secondary N) is 1. The van der Waals surface area contributed by atoms with E-state index in [0.717, 1.165) is 10.9 Å². The largest absolute Gasteiger partial charge is 0.491 e. The highest BCUT2D eigenvalue weighted by atomic mass is 16.5. The van der Waals surface area contributed by atoms with Crippen molar-refractivity contribution in [3.05, 3.63) is 30.0 Å². The number of H-pyrrole nitrogens is 1. The van der Waals surface area contributed by atoms with Gasteiger partial charge in [0.15, 0.2) is 0 Å². The number of carbonyl (C=O) groups is 1. The summed E-state index contributed by atoms with van der Waals surface area (Å²) in [4.78, 5) is 14.8. The third kappa shape index (κ3) is 3.80. The summed E-state index contributed by atoms with van der Waals surface area (Å²) < 4.78 is 10.6. The predicted octanol–water partition coefficient (Wildman–Crippen LogP) is 1.60. The molecule has 2 rings (SSSR count). The molecule has 0 atom stereocenters. The van der Waals surface area contributed by atoms with Gasteiger partial charge in [-0.05, 0) is 57.6 Å². The van der Waals surface area contributed by atoms with Crippen LogP contribution in [0.1, 0.15) is 45.1 Å². The molecule has 0 aliphatic carbocycles. The lowest BCUT2D eigenvalue weighted by Crippen LogP contribution is -2.53. The molecule has 0 saturated heterocycles. The second-order valence-corrected chi connectivity index (χ2v) is 6.79. The van der Waals surface area contributed by atoms with Gasteiger partial charge in [0.25, 0.3) is 0 Å². The van der Waals surface area contributed by atoms with E-state index >= 15 is 0 Å². The summed E-state index contributed by atoms with van der Waals surface area (Å²) in [7, 11) is -1.20. The van der Waals surface area contributed by atoms with Crippen LogP contribution in [0, 0.1) is 0 Å². The topological polar surface area (TPSA) is 91.8 Å². The smallest absolute Gasteiger partial charge is 0.461 e. The second kappa shape index (κ2) is 6.59. The van der Waals surface area contributed by atoms with E-state index in [2.05, 4.69) is 4.98 Å². The SMILES string of the molecule is CCOC(=O)c1cc2cc(B(O)OC(C)(C)C(C)(C)O)ccc2[nH]1. The molecular formula is C17H24BNO5. The maximum Gasteiger partial charge on any atom is 0.491 e. The number of hydrogen-bond donors (Lipinski definition) is 3. The van der Waals surface area contributed by atoms with E-state index in [1.165, 1.54) is 0 Å². The van der Waals surface area contributed by atoms with Crippen LogP contribution in [-0.2, 0) is 9.39 Å². The summed E-state index contributed by atoms with van der Waals surface area (Å²) >= 11 is 0. The zero-order valence-electron chi connectivity index (χ0n) is 14.7. The van der Waals surface area contributed by atoms with Crippen LogP contribution >= 0.6 is 0 Å². The minimum Gasteiger partial charge on any atom is -0.461 e. The normalized spacial score (nSPS) is 12.5. The zero-order chi connectivity index (χ0) is 18.1. The van der Waals surface area contributed by atoms with Crippen LogP contribution in [0.2, 0.25) is 0 Å². The first kappa shape index (κ1) is 18.5. The highest BCUT2D eigenvalue weighted by molar-refractivity contribution is 6.60. The lowest BCUT2D eigenvalue weighted by atomic mass is 9.76. The third-order valence-corrected chi connectivity index (χ3v) is 4.30. The summed E-state index contributed by atoms with van der Waals surface area (Å²) in [5.74, 6) is -0.421. The maximum absolute atomic E-state index is 11.8. The van der Waals surface area contributed by atoms with Crippen molar-refractivity contribution in [2.45, 2.75) is 45.8 Å². The number of fused-ring (bicyclic) bond motifs is 1. The maximum atomic E-state index is 11.8. The van der Waals surface area contributed by atoms with Gasteiger partial charge in [-0.2, -0.15) is 0 Å². The van der Waals surface area contributed by atoms with Crippen LogP contribution in [0.3, 0.4) is 0 Å². The van der Waals surface area contributed by atoms with Crippen molar-refractivity contribution in [1.29, 1.82) is 0 Å². The van der Waals surface area contributed by atoms with Crippen molar-refractivity contribution >= 4 is 29.5 Å². The summed E-state index contributed by atoms with van der Waals surface area (Å²) in [6.45, 7) is 8.73. The summed E-state index contributed by atoms with van der Waals surface area (Å²) in [5, 5.41) is 21.2. The Balaban J connectivity index is 2.25. The van der Waals surface area contributed by atoms with Crippen molar-refractivity contribution in [2.24, 2.45) is 0 Å². The first-order valence-corrected chi connectivity index (χ1v) is 7.93. The van der Waals surface area contributed by atoms with Crippen molar-refractivity contribution in [3.63, 3.8) is 0 Å². The fourth-order valence-electron chi connectivity index (χ4n) is 2.11. The molecule has 0 aliphatic rings. The van der Waals surface area contributed by atoms with Gasteiger partial charge in [0.05, 0.1) is 17.8 Å². The average Bonchev–Trinajstić information content (AvgIpc) is 2.88. The number of benzene rings is 1. The van der Waals surface area contributed by atoms with Gasteiger partial charge in [0.1, 0.15) is 5.69 Å². The molecule has 2 aromatic rings. The molecule has 1 aromatic heterocycles. The standard InChI is InChI=1S/C17H24BNO5/c1-6-23-15(20)14-10-11-9-12(7-8-13(11)19-14)18(22)24-17(4,5)16(2,3)21/h7-10,19,21-22H,6H2,1-5H3. The molecule has 0 fully saturated rings. The van der Waals surface area contributed by atoms with Crippen LogP contribution in [0.25, 0.3) is 10.9 Å². The minimum atomic E-state index is -1.20. The Morgan fingerprint density at radius 1 is 1.25 bits per heavy atom. The van der Waals surface area contributed by atoms with Gasteiger partial charge in [0, 0.05) is 5.52 Å². The van der Waals surface area contributed by atoms with Crippen molar-refractivity contribution in [2.75, 3.05) is 6.61 Å². The Bertz CT molecular complexity index is 732. The van der Waals surface area contributed by atoms with Gasteiger partial charge in [-0.3, -0.25) is 0 Å². The van der Waals surface area contributed by atoms with Crippen molar-refractivity contribution in [1.82, 2.24) is 4.98 Å². The molecule has 0 spiro atoms. The summed E-state index contributed by atoms with van der Waals surface area (Å²) in [6, 6.07) is 6.88. The summed E-state index contributed by atoms with van der Waals surface area (Å²) in [6.07, 6.45) is 0. The predicted molar refractivity (Wildman–Crippen MR) is 93.3 cm³/mol. The Morgan fingerprint density at radius 2 is 1.92 bits per heavy atom. The minimum absolute atomic E-state index is 0.304. The van der Waals surface area contributed by atoms with Crippen LogP contribution < -0.4 is 5.46 Å². The van der Waals surface area contributed by atoms with E-state index in [0.29, 0.717) is 17.8 Å². The molecule has 3 N–H and O–H groups in total. The van der Waals surface area contributed by atoms with Crippen LogP contribution in [0.5, 0.6) is 0 Å². The zero-order valence-corrected chi connectivity index (χ0v) is 14.7. The molecule has 24 heavy (non-hydrogen) atoms. The number of carbonyl (C=O) groups excluding carboxylic acids is 1. The molecule has 130 valence electrons. The number of aromatic amines is 1. The number of rotatable bonds is 6. The van der Waals surface area contributed by atoms with Crippen LogP contribution in [0.4, 0.5) is 0 Å². The third-order valence-electron chi connectivity index (χ3n) is 4.30. The van der Waals surface area contributed by atoms with E-state index in [1.807, 2.05) is 0 Å². The quantitative estimate of drug-likeness (QED) is 0.552. The Morgan fingerprint density at radius 3 is 2.50 bits per heavy atom. The molecule has 1 aromatic carbocycles. The number of esters is 1. The van der Waals surface area contributed by atoms with Gasteiger partial charge >= 0.3 is 13.1 Å². The lowest BCUT2D eigenvalue weighted by Gasteiger charge is -2.38. The molecule has 1 heterocycles. The molecule has 0 aliphatic heterocycles. The molecule has 0 radical (unpaired) electrons. The first-order chi connectivity index (χ1) is 11.0. The first-order valence-electron chi connectivity index (χ1n) is 7.93. The van der Waals surface area contributed by atoms with Gasteiger partial charge < -0.3 is 24.5 Å².